The van der Waals surface area contributed by atoms with Crippen LogP contribution in [-0.2, 0) is 11.5 Å². The predicted octanol–water partition coefficient (Wildman–Crippen LogP) is 4.19. The molecule has 1 amide bonds. The predicted molar refractivity (Wildman–Crippen MR) is 124 cm³/mol. The number of rotatable bonds is 7. The zero-order valence-corrected chi connectivity index (χ0v) is 19.5. The minimum absolute atomic E-state index is 0.102. The first kappa shape index (κ1) is 23.8. The average Bonchev–Trinajstić information content (AvgIpc) is 3.31. The van der Waals surface area contributed by atoms with Crippen LogP contribution in [0.4, 0.5) is 15.8 Å². The molecule has 11 heteroatoms. The van der Waals surface area contributed by atoms with E-state index >= 15 is 0 Å². The number of nitrogens with zero attached hydrogens (tertiary/aromatic N) is 4. The van der Waals surface area contributed by atoms with E-state index in [9.17, 15) is 14.4 Å². The Morgan fingerprint density at radius 3 is 2.59 bits per heavy atom. The molecule has 0 radical (unpaired) electrons. The number of benzene rings is 2. The summed E-state index contributed by atoms with van der Waals surface area (Å²) >= 11 is 6.41. The van der Waals surface area contributed by atoms with Crippen molar-refractivity contribution >= 4 is 28.9 Å². The highest BCUT2D eigenvalue weighted by Crippen LogP contribution is 2.35. The monoisotopic (exact) mass is 490 g/mol. The van der Waals surface area contributed by atoms with E-state index in [0.29, 0.717) is 53.4 Å². The van der Waals surface area contributed by atoms with E-state index in [4.69, 9.17) is 25.7 Å². The van der Waals surface area contributed by atoms with Crippen LogP contribution in [0.5, 0.6) is 5.75 Å². The lowest BCUT2D eigenvalue weighted by Gasteiger charge is -2.36. The molecule has 1 aliphatic heterocycles. The molecule has 0 spiro atoms. The number of amides is 1. The second-order valence-corrected chi connectivity index (χ2v) is 7.94. The van der Waals surface area contributed by atoms with Crippen molar-refractivity contribution in [2.24, 2.45) is 0 Å². The first-order valence-electron chi connectivity index (χ1n) is 10.5. The largest absolute Gasteiger partial charge is 0.496 e. The fourth-order valence-corrected chi connectivity index (χ4v) is 4.24. The van der Waals surface area contributed by atoms with Gasteiger partial charge in [0.1, 0.15) is 17.0 Å². The molecule has 0 bridgehead atoms. The summed E-state index contributed by atoms with van der Waals surface area (Å²) in [5, 5.41) is 14.7. The minimum Gasteiger partial charge on any atom is -0.496 e. The van der Waals surface area contributed by atoms with Crippen LogP contribution in [0.3, 0.4) is 0 Å². The number of aromatic nitrogens is 1. The van der Waals surface area contributed by atoms with Crippen LogP contribution < -0.4 is 14.9 Å². The molecule has 1 aliphatic rings. The van der Waals surface area contributed by atoms with E-state index in [1.165, 1.54) is 14.2 Å². The average molecular weight is 491 g/mol. The van der Waals surface area contributed by atoms with Crippen molar-refractivity contribution in [3.8, 4) is 17.0 Å². The molecule has 1 saturated heterocycles. The highest BCUT2D eigenvalue weighted by molar-refractivity contribution is 6.33. The molecule has 0 unspecified atom stereocenters. The van der Waals surface area contributed by atoms with Crippen LogP contribution in [0, 0.1) is 0 Å². The van der Waals surface area contributed by atoms with Crippen molar-refractivity contribution in [3.05, 3.63) is 58.8 Å². The topological polar surface area (TPSA) is 91.5 Å². The summed E-state index contributed by atoms with van der Waals surface area (Å²) in [5.41, 5.74) is 2.07. The van der Waals surface area contributed by atoms with Crippen molar-refractivity contribution in [1.82, 2.24) is 10.1 Å². The molecule has 4 rings (SSSR count). The van der Waals surface area contributed by atoms with Gasteiger partial charge in [-0.05, 0) is 30.3 Å². The number of piperazine rings is 1. The Labute approximate surface area is 200 Å². The Hall–Kier alpha value is -3.34. The molecule has 3 aromatic rings. The second-order valence-electron chi connectivity index (χ2n) is 7.53. The van der Waals surface area contributed by atoms with Gasteiger partial charge >= 0.3 is 0 Å². The van der Waals surface area contributed by atoms with Crippen molar-refractivity contribution in [2.45, 2.75) is 6.67 Å². The van der Waals surface area contributed by atoms with E-state index in [-0.39, 0.29) is 22.9 Å². The van der Waals surface area contributed by atoms with Crippen molar-refractivity contribution in [1.29, 1.82) is 0 Å². The summed E-state index contributed by atoms with van der Waals surface area (Å²) in [6.45, 7) is 0.859. The molecular weight excluding hydrogens is 467 g/mol. The van der Waals surface area contributed by atoms with Gasteiger partial charge in [0.2, 0.25) is 0 Å². The van der Waals surface area contributed by atoms with E-state index in [1.807, 2.05) is 4.90 Å². The van der Waals surface area contributed by atoms with Crippen molar-refractivity contribution in [2.75, 3.05) is 50.5 Å². The summed E-state index contributed by atoms with van der Waals surface area (Å²) in [5.74, 6) is 0.0404. The lowest BCUT2D eigenvalue weighted by atomic mass is 10.0. The van der Waals surface area contributed by atoms with Gasteiger partial charge in [-0.2, -0.15) is 0 Å². The fraction of sp³-hybridized carbons (Fsp3) is 0.304. The smallest absolute Gasteiger partial charge is 0.259 e. The zero-order valence-electron chi connectivity index (χ0n) is 18.7. The first-order chi connectivity index (χ1) is 16.5. The first-order valence-corrected chi connectivity index (χ1v) is 10.9. The Balaban J connectivity index is 1.53. The van der Waals surface area contributed by atoms with Gasteiger partial charge < -0.3 is 19.1 Å². The van der Waals surface area contributed by atoms with Crippen LogP contribution in [0.1, 0.15) is 16.1 Å². The highest BCUT2D eigenvalue weighted by Gasteiger charge is 2.31. The SMILES string of the molecule is COc1ccccc1-c1noc(CF)c1C(=O)N1CCN(c2ccc(N(O)OC)cc2Cl)CC1. The molecule has 180 valence electrons. The molecule has 9 nitrogen and oxygen atoms in total. The molecule has 2 aromatic carbocycles. The van der Waals surface area contributed by atoms with E-state index in [0.717, 1.165) is 5.69 Å². The molecule has 34 heavy (non-hydrogen) atoms. The molecular formula is C23H24ClFN4O5. The molecule has 1 aromatic heterocycles. The maximum Gasteiger partial charge on any atom is 0.259 e. The Morgan fingerprint density at radius 2 is 1.94 bits per heavy atom. The highest BCUT2D eigenvalue weighted by atomic mass is 35.5. The van der Waals surface area contributed by atoms with Gasteiger partial charge in [-0.25, -0.2) is 4.39 Å². The lowest BCUT2D eigenvalue weighted by molar-refractivity contribution is -0.0109. The molecule has 1 fully saturated rings. The normalized spacial score (nSPS) is 13.8. The van der Waals surface area contributed by atoms with Crippen LogP contribution in [0.25, 0.3) is 11.3 Å². The Morgan fingerprint density at radius 1 is 1.21 bits per heavy atom. The Bertz CT molecular complexity index is 1170. The van der Waals surface area contributed by atoms with Crippen LogP contribution >= 0.6 is 11.6 Å². The van der Waals surface area contributed by atoms with Gasteiger partial charge in [-0.15, -0.1) is 5.23 Å². The van der Waals surface area contributed by atoms with Crippen molar-refractivity contribution in [3.63, 3.8) is 0 Å². The van der Waals surface area contributed by atoms with Gasteiger partial charge in [0.25, 0.3) is 5.91 Å². The van der Waals surface area contributed by atoms with Gasteiger partial charge in [0.15, 0.2) is 12.4 Å². The number of hydrogen-bond donors (Lipinski definition) is 1. The Kier molecular flexibility index (Phi) is 7.20. The van der Waals surface area contributed by atoms with Crippen LogP contribution in [0.2, 0.25) is 5.02 Å². The number of anilines is 2. The maximum absolute atomic E-state index is 13.7. The summed E-state index contributed by atoms with van der Waals surface area (Å²) in [4.78, 5) is 21.9. The fourth-order valence-electron chi connectivity index (χ4n) is 3.95. The van der Waals surface area contributed by atoms with Crippen LogP contribution in [-0.4, -0.2) is 61.6 Å². The van der Waals surface area contributed by atoms with E-state index < -0.39 is 6.67 Å². The number of alkyl halides is 1. The van der Waals surface area contributed by atoms with E-state index in [2.05, 4.69) is 5.16 Å². The maximum atomic E-state index is 13.7. The number of carbonyl (C=O) groups excluding carboxylic acids is 1. The summed E-state index contributed by atoms with van der Waals surface area (Å²) < 4.78 is 24.2. The minimum atomic E-state index is -0.950. The standard InChI is InChI=1S/C23H24ClFN4O5/c1-32-19-6-4-3-5-16(19)22-21(20(14-25)34-26-22)23(30)28-11-9-27(10-12-28)18-8-7-15(13-17(18)24)29(31)33-2/h3-8,13,31H,9-12,14H2,1-2H3. The third-order valence-electron chi connectivity index (χ3n) is 5.69. The van der Waals surface area contributed by atoms with Gasteiger partial charge in [-0.3, -0.25) is 14.8 Å². The third-order valence-corrected chi connectivity index (χ3v) is 6.00. The molecule has 0 atom stereocenters. The summed E-state index contributed by atoms with van der Waals surface area (Å²) in [7, 11) is 2.85. The second kappa shape index (κ2) is 10.3. The van der Waals surface area contributed by atoms with Gasteiger partial charge in [0.05, 0.1) is 30.6 Å². The third kappa shape index (κ3) is 4.52. The number of carbonyl (C=O) groups is 1. The summed E-state index contributed by atoms with van der Waals surface area (Å²) in [6, 6.07) is 12.1. The van der Waals surface area contributed by atoms with Crippen molar-refractivity contribution < 1.29 is 28.5 Å². The number of methoxy groups -OCH3 is 1. The molecule has 2 heterocycles. The van der Waals surface area contributed by atoms with Gasteiger partial charge in [-0.1, -0.05) is 28.9 Å². The quantitative estimate of drug-likeness (QED) is 0.493. The van der Waals surface area contributed by atoms with Gasteiger partial charge in [0, 0.05) is 31.7 Å². The molecule has 0 aliphatic carbocycles. The summed E-state index contributed by atoms with van der Waals surface area (Å²) in [6.07, 6.45) is 0. The number of para-hydroxylation sites is 1. The number of ether oxygens (including phenoxy) is 1. The molecule has 0 saturated carbocycles. The van der Waals surface area contributed by atoms with Crippen LogP contribution in [0.15, 0.2) is 47.0 Å². The number of halogens is 2. The zero-order chi connectivity index (χ0) is 24.2. The number of hydrogen-bond acceptors (Lipinski definition) is 8. The van der Waals surface area contributed by atoms with E-state index in [1.54, 1.807) is 47.4 Å². The lowest BCUT2D eigenvalue weighted by Crippen LogP contribution is -2.49. The molecule has 1 N–H and O–H groups in total.